The van der Waals surface area contributed by atoms with Crippen LogP contribution in [0.4, 0.5) is 0 Å². The molecule has 1 aliphatic rings. The van der Waals surface area contributed by atoms with Gasteiger partial charge in [-0.1, -0.05) is 6.92 Å². The number of thiocarbonyl (C=S) groups is 1. The van der Waals surface area contributed by atoms with Crippen LogP contribution in [-0.2, 0) is 4.79 Å². The average molecular weight is 322 g/mol. The fourth-order valence-corrected chi connectivity index (χ4v) is 2.56. The van der Waals surface area contributed by atoms with Gasteiger partial charge in [-0.25, -0.2) is 0 Å². The van der Waals surface area contributed by atoms with Crippen molar-refractivity contribution in [2.24, 2.45) is 5.92 Å². The van der Waals surface area contributed by atoms with E-state index in [9.17, 15) is 4.79 Å². The van der Waals surface area contributed by atoms with Crippen LogP contribution in [0, 0.1) is 5.92 Å². The van der Waals surface area contributed by atoms with E-state index in [-0.39, 0.29) is 12.5 Å². The number of methoxy groups -OCH3 is 1. The molecule has 2 rings (SSSR count). The Labute approximate surface area is 136 Å². The largest absolute Gasteiger partial charge is 0.497 e. The number of piperidine rings is 1. The molecule has 1 fully saturated rings. The van der Waals surface area contributed by atoms with Crippen molar-refractivity contribution in [3.8, 4) is 11.5 Å². The lowest BCUT2D eigenvalue weighted by atomic mass is 10.00. The number of nitrogens with one attached hydrogen (secondary N) is 1. The summed E-state index contributed by atoms with van der Waals surface area (Å²) in [6.07, 6.45) is 2.22. The molecule has 0 aromatic heterocycles. The third kappa shape index (κ3) is 4.87. The lowest BCUT2D eigenvalue weighted by Crippen LogP contribution is -2.47. The molecule has 22 heavy (non-hydrogen) atoms. The predicted molar refractivity (Wildman–Crippen MR) is 89.2 cm³/mol. The van der Waals surface area contributed by atoms with Crippen molar-refractivity contribution in [2.75, 3.05) is 26.8 Å². The van der Waals surface area contributed by atoms with E-state index < -0.39 is 0 Å². The molecule has 6 heteroatoms. The first-order valence-corrected chi connectivity index (χ1v) is 7.85. The predicted octanol–water partition coefficient (Wildman–Crippen LogP) is 2.21. The van der Waals surface area contributed by atoms with Gasteiger partial charge in [0.15, 0.2) is 11.7 Å². The number of carbonyl (C=O) groups excluding carboxylic acids is 1. The number of likely N-dealkylation sites (tertiary alicyclic amines) is 1. The van der Waals surface area contributed by atoms with Crippen molar-refractivity contribution in [1.82, 2.24) is 10.2 Å². The lowest BCUT2D eigenvalue weighted by Gasteiger charge is -2.32. The highest BCUT2D eigenvalue weighted by Gasteiger charge is 2.19. The summed E-state index contributed by atoms with van der Waals surface area (Å²) in [5, 5.41) is 3.22. The third-order valence-electron chi connectivity index (χ3n) is 3.75. The number of rotatable bonds is 4. The molecule has 1 aromatic carbocycles. The average Bonchev–Trinajstić information content (AvgIpc) is 2.54. The molecular weight excluding hydrogens is 300 g/mol. The maximum Gasteiger partial charge on any atom is 0.264 e. The monoisotopic (exact) mass is 322 g/mol. The van der Waals surface area contributed by atoms with Crippen molar-refractivity contribution >= 4 is 23.2 Å². The van der Waals surface area contributed by atoms with E-state index in [0.717, 1.165) is 37.6 Å². The second-order valence-electron chi connectivity index (χ2n) is 5.49. The number of ether oxygens (including phenoxy) is 2. The molecule has 0 unspecified atom stereocenters. The number of hydrogen-bond acceptors (Lipinski definition) is 4. The summed E-state index contributed by atoms with van der Waals surface area (Å²) >= 11 is 5.27. The second kappa shape index (κ2) is 7.98. The Morgan fingerprint density at radius 3 is 2.45 bits per heavy atom. The third-order valence-corrected chi connectivity index (χ3v) is 4.11. The first-order valence-electron chi connectivity index (χ1n) is 7.44. The summed E-state index contributed by atoms with van der Waals surface area (Å²) in [6, 6.07) is 7.09. The van der Waals surface area contributed by atoms with E-state index in [1.807, 2.05) is 4.90 Å². The molecule has 0 bridgehead atoms. The van der Waals surface area contributed by atoms with Gasteiger partial charge in [-0.2, -0.15) is 0 Å². The topological polar surface area (TPSA) is 50.8 Å². The minimum atomic E-state index is -0.237. The summed E-state index contributed by atoms with van der Waals surface area (Å²) in [7, 11) is 1.60. The van der Waals surface area contributed by atoms with Crippen molar-refractivity contribution in [3.05, 3.63) is 24.3 Å². The normalized spacial score (nSPS) is 15.3. The molecule has 1 amide bonds. The Balaban J connectivity index is 1.73. The Hall–Kier alpha value is -1.82. The molecule has 0 saturated carbocycles. The van der Waals surface area contributed by atoms with E-state index in [4.69, 9.17) is 21.7 Å². The Morgan fingerprint density at radius 1 is 1.27 bits per heavy atom. The van der Waals surface area contributed by atoms with E-state index in [2.05, 4.69) is 12.2 Å². The minimum absolute atomic E-state index is 0.0588. The molecular formula is C16H22N2O3S. The molecule has 1 N–H and O–H groups in total. The Bertz CT molecular complexity index is 511. The van der Waals surface area contributed by atoms with Crippen molar-refractivity contribution in [2.45, 2.75) is 19.8 Å². The van der Waals surface area contributed by atoms with Gasteiger partial charge in [-0.15, -0.1) is 0 Å². The quantitative estimate of drug-likeness (QED) is 0.861. The van der Waals surface area contributed by atoms with E-state index in [0.29, 0.717) is 10.9 Å². The molecule has 1 heterocycles. The fourth-order valence-electron chi connectivity index (χ4n) is 2.27. The molecule has 120 valence electrons. The van der Waals surface area contributed by atoms with E-state index >= 15 is 0 Å². The maximum atomic E-state index is 11.9. The van der Waals surface area contributed by atoms with Crippen LogP contribution in [0.3, 0.4) is 0 Å². The first kappa shape index (κ1) is 16.5. The minimum Gasteiger partial charge on any atom is -0.497 e. The molecule has 1 aliphatic heterocycles. The lowest BCUT2D eigenvalue weighted by molar-refractivity contribution is -0.121. The molecule has 0 spiro atoms. The summed E-state index contributed by atoms with van der Waals surface area (Å²) in [4.78, 5) is 13.9. The van der Waals surface area contributed by atoms with Crippen molar-refractivity contribution < 1.29 is 14.3 Å². The van der Waals surface area contributed by atoms with Crippen molar-refractivity contribution in [1.29, 1.82) is 0 Å². The van der Waals surface area contributed by atoms with Gasteiger partial charge in [0.2, 0.25) is 0 Å². The molecule has 0 radical (unpaired) electrons. The molecule has 0 atom stereocenters. The van der Waals surface area contributed by atoms with Crippen LogP contribution in [-0.4, -0.2) is 42.7 Å². The second-order valence-corrected chi connectivity index (χ2v) is 5.87. The van der Waals surface area contributed by atoms with Gasteiger partial charge in [-0.05, 0) is 55.2 Å². The summed E-state index contributed by atoms with van der Waals surface area (Å²) < 4.78 is 10.5. The number of nitrogens with zero attached hydrogens (tertiary/aromatic N) is 1. The molecule has 1 aromatic rings. The molecule has 1 saturated heterocycles. The summed E-state index contributed by atoms with van der Waals surface area (Å²) in [6.45, 7) is 3.98. The van der Waals surface area contributed by atoms with Gasteiger partial charge in [0.05, 0.1) is 7.11 Å². The fraction of sp³-hybridized carbons (Fsp3) is 0.500. The zero-order valence-corrected chi connectivity index (χ0v) is 13.8. The zero-order valence-electron chi connectivity index (χ0n) is 13.0. The highest BCUT2D eigenvalue weighted by atomic mass is 32.1. The van der Waals surface area contributed by atoms with E-state index in [1.54, 1.807) is 31.4 Å². The number of hydrogen-bond donors (Lipinski definition) is 1. The summed E-state index contributed by atoms with van der Waals surface area (Å²) in [5.41, 5.74) is 0. The van der Waals surface area contributed by atoms with Gasteiger partial charge >= 0.3 is 0 Å². The highest BCUT2D eigenvalue weighted by molar-refractivity contribution is 7.80. The SMILES string of the molecule is COc1ccc(OCC(=O)NC(=S)N2CCC(C)CC2)cc1. The van der Waals surface area contributed by atoms with Gasteiger partial charge in [0, 0.05) is 13.1 Å². The van der Waals surface area contributed by atoms with Crippen LogP contribution in [0.25, 0.3) is 0 Å². The molecule has 0 aliphatic carbocycles. The highest BCUT2D eigenvalue weighted by Crippen LogP contribution is 2.17. The number of benzene rings is 1. The summed E-state index contributed by atoms with van der Waals surface area (Å²) in [5.74, 6) is 1.86. The van der Waals surface area contributed by atoms with Gasteiger partial charge in [-0.3, -0.25) is 4.79 Å². The van der Waals surface area contributed by atoms with Crippen LogP contribution in [0.5, 0.6) is 11.5 Å². The van der Waals surface area contributed by atoms with Crippen LogP contribution in [0.15, 0.2) is 24.3 Å². The smallest absolute Gasteiger partial charge is 0.264 e. The standard InChI is InChI=1S/C16H22N2O3S/c1-12-7-9-18(10-8-12)16(22)17-15(19)11-21-14-5-3-13(20-2)4-6-14/h3-6,12H,7-11H2,1-2H3,(H,17,19,22). The first-order chi connectivity index (χ1) is 10.6. The Morgan fingerprint density at radius 2 is 1.86 bits per heavy atom. The molecule has 5 nitrogen and oxygen atoms in total. The zero-order chi connectivity index (χ0) is 15.9. The number of carbonyl (C=O) groups is 1. The van der Waals surface area contributed by atoms with Crippen LogP contribution < -0.4 is 14.8 Å². The van der Waals surface area contributed by atoms with E-state index in [1.165, 1.54) is 0 Å². The van der Waals surface area contributed by atoms with Crippen LogP contribution in [0.1, 0.15) is 19.8 Å². The van der Waals surface area contributed by atoms with Crippen LogP contribution in [0.2, 0.25) is 0 Å². The van der Waals surface area contributed by atoms with Gasteiger partial charge in [0.25, 0.3) is 5.91 Å². The maximum absolute atomic E-state index is 11.9. The number of amides is 1. The van der Waals surface area contributed by atoms with Crippen LogP contribution >= 0.6 is 12.2 Å². The van der Waals surface area contributed by atoms with Gasteiger partial charge < -0.3 is 19.7 Å². The van der Waals surface area contributed by atoms with Crippen molar-refractivity contribution in [3.63, 3.8) is 0 Å². The Kier molecular flexibility index (Phi) is 6.00. The van der Waals surface area contributed by atoms with Gasteiger partial charge in [0.1, 0.15) is 11.5 Å².